The lowest BCUT2D eigenvalue weighted by molar-refractivity contribution is -0.139. The Morgan fingerprint density at radius 3 is 2.88 bits per heavy atom. The minimum Gasteiger partial charge on any atom is -0.316 e. The van der Waals surface area contributed by atoms with E-state index in [0.717, 1.165) is 25.4 Å². The summed E-state index contributed by atoms with van der Waals surface area (Å²) in [6, 6.07) is 0.553. The van der Waals surface area contributed by atoms with Crippen molar-refractivity contribution in [3.8, 4) is 0 Å². The molecule has 2 aliphatic heterocycles. The highest BCUT2D eigenvalue weighted by molar-refractivity contribution is 5.78. The van der Waals surface area contributed by atoms with Crippen molar-refractivity contribution in [1.82, 2.24) is 15.3 Å². The molecule has 1 aliphatic carbocycles. The molecule has 0 spiro atoms. The van der Waals surface area contributed by atoms with E-state index < -0.39 is 0 Å². The normalized spacial score (nSPS) is 31.6. The Kier molecular flexibility index (Phi) is 2.86. The van der Waals surface area contributed by atoms with Gasteiger partial charge in [-0.05, 0) is 44.7 Å². The number of nitrogens with zero attached hydrogens (tertiary/aromatic N) is 2. The van der Waals surface area contributed by atoms with E-state index in [1.807, 2.05) is 0 Å². The van der Waals surface area contributed by atoms with Crippen molar-refractivity contribution in [2.75, 3.05) is 26.2 Å². The van der Waals surface area contributed by atoms with Crippen molar-refractivity contribution in [2.45, 2.75) is 38.1 Å². The van der Waals surface area contributed by atoms with Crippen molar-refractivity contribution >= 4 is 5.91 Å². The van der Waals surface area contributed by atoms with Gasteiger partial charge in [0.2, 0.25) is 5.91 Å². The fourth-order valence-corrected chi connectivity index (χ4v) is 2.87. The SMILES string of the molecule is O=C1CCN(CCC2CCNC2)N1C1CC1. The fourth-order valence-electron chi connectivity index (χ4n) is 2.87. The van der Waals surface area contributed by atoms with Gasteiger partial charge in [-0.25, -0.2) is 5.01 Å². The van der Waals surface area contributed by atoms with Crippen LogP contribution in [0.1, 0.15) is 32.1 Å². The van der Waals surface area contributed by atoms with Gasteiger partial charge >= 0.3 is 0 Å². The van der Waals surface area contributed by atoms with Crippen LogP contribution in [0, 0.1) is 5.92 Å². The number of hydrogen-bond acceptors (Lipinski definition) is 3. The number of hydrogen-bond donors (Lipinski definition) is 1. The summed E-state index contributed by atoms with van der Waals surface area (Å²) in [5.74, 6) is 1.18. The number of carbonyl (C=O) groups excluding carboxylic acids is 1. The van der Waals surface area contributed by atoms with Crippen LogP contribution in [-0.2, 0) is 4.79 Å². The number of hydrazine groups is 1. The monoisotopic (exact) mass is 223 g/mol. The van der Waals surface area contributed by atoms with E-state index in [2.05, 4.69) is 15.3 Å². The van der Waals surface area contributed by atoms with Gasteiger partial charge in [-0.3, -0.25) is 9.80 Å². The van der Waals surface area contributed by atoms with Crippen LogP contribution in [-0.4, -0.2) is 48.1 Å². The smallest absolute Gasteiger partial charge is 0.238 e. The molecule has 2 heterocycles. The van der Waals surface area contributed by atoms with E-state index >= 15 is 0 Å². The third-order valence-corrected chi connectivity index (χ3v) is 3.99. The second-order valence-corrected chi connectivity index (χ2v) is 5.32. The molecule has 4 heteroatoms. The Morgan fingerprint density at radius 2 is 2.19 bits per heavy atom. The van der Waals surface area contributed by atoms with Crippen LogP contribution in [0.2, 0.25) is 0 Å². The lowest BCUT2D eigenvalue weighted by Crippen LogP contribution is -2.41. The largest absolute Gasteiger partial charge is 0.316 e. The highest BCUT2D eigenvalue weighted by atomic mass is 16.2. The maximum atomic E-state index is 11.7. The molecule has 0 aromatic carbocycles. The fraction of sp³-hybridized carbons (Fsp3) is 0.917. The summed E-state index contributed by atoms with van der Waals surface area (Å²) in [6.07, 6.45) is 5.72. The van der Waals surface area contributed by atoms with Crippen LogP contribution in [0.4, 0.5) is 0 Å². The third kappa shape index (κ3) is 2.09. The van der Waals surface area contributed by atoms with Gasteiger partial charge in [-0.2, -0.15) is 0 Å². The van der Waals surface area contributed by atoms with Gasteiger partial charge in [0.25, 0.3) is 0 Å². The van der Waals surface area contributed by atoms with E-state index in [1.54, 1.807) is 0 Å². The van der Waals surface area contributed by atoms with Crippen LogP contribution < -0.4 is 5.32 Å². The summed E-state index contributed by atoms with van der Waals surface area (Å²) in [6.45, 7) is 4.38. The third-order valence-electron chi connectivity index (χ3n) is 3.99. The first-order chi connectivity index (χ1) is 7.84. The molecule has 1 amide bonds. The molecule has 90 valence electrons. The highest BCUT2D eigenvalue weighted by Gasteiger charge is 2.40. The zero-order valence-electron chi connectivity index (χ0n) is 9.82. The van der Waals surface area contributed by atoms with Crippen molar-refractivity contribution in [1.29, 1.82) is 0 Å². The highest BCUT2D eigenvalue weighted by Crippen LogP contribution is 2.32. The Labute approximate surface area is 96.9 Å². The van der Waals surface area contributed by atoms with Crippen molar-refractivity contribution in [2.24, 2.45) is 5.92 Å². The van der Waals surface area contributed by atoms with Crippen LogP contribution in [0.15, 0.2) is 0 Å². The van der Waals surface area contributed by atoms with E-state index in [1.165, 1.54) is 38.8 Å². The standard InChI is InChI=1S/C12H21N3O/c16-12-5-8-14(15(12)11-1-2-11)7-4-10-3-6-13-9-10/h10-11,13H,1-9H2. The van der Waals surface area contributed by atoms with Crippen LogP contribution in [0.3, 0.4) is 0 Å². The predicted octanol–water partition coefficient (Wildman–Crippen LogP) is 0.598. The molecule has 3 rings (SSSR count). The molecule has 1 saturated carbocycles. The maximum Gasteiger partial charge on any atom is 0.238 e. The summed E-state index contributed by atoms with van der Waals surface area (Å²) in [5.41, 5.74) is 0. The molecule has 0 aromatic rings. The van der Waals surface area contributed by atoms with Gasteiger partial charge in [0.05, 0.1) is 0 Å². The summed E-state index contributed by atoms with van der Waals surface area (Å²) in [7, 11) is 0. The van der Waals surface area contributed by atoms with Crippen molar-refractivity contribution < 1.29 is 4.79 Å². The molecule has 3 aliphatic rings. The number of nitrogens with one attached hydrogen (secondary N) is 1. The van der Waals surface area contributed by atoms with E-state index in [-0.39, 0.29) is 0 Å². The first-order valence-electron chi connectivity index (χ1n) is 6.62. The molecule has 1 unspecified atom stereocenters. The second-order valence-electron chi connectivity index (χ2n) is 5.32. The van der Waals surface area contributed by atoms with Gasteiger partial charge in [-0.1, -0.05) is 0 Å². The van der Waals surface area contributed by atoms with Gasteiger partial charge in [-0.15, -0.1) is 0 Å². The van der Waals surface area contributed by atoms with Gasteiger partial charge in [0.15, 0.2) is 0 Å². The molecule has 3 fully saturated rings. The molecule has 0 bridgehead atoms. The van der Waals surface area contributed by atoms with E-state index in [0.29, 0.717) is 11.9 Å². The predicted molar refractivity (Wildman–Crippen MR) is 61.7 cm³/mol. The molecular weight excluding hydrogens is 202 g/mol. The lowest BCUT2D eigenvalue weighted by atomic mass is 10.1. The molecular formula is C12H21N3O. The Hall–Kier alpha value is -0.610. The maximum absolute atomic E-state index is 11.7. The zero-order chi connectivity index (χ0) is 11.0. The van der Waals surface area contributed by atoms with E-state index in [9.17, 15) is 4.79 Å². The molecule has 0 aromatic heterocycles. The van der Waals surface area contributed by atoms with Crippen LogP contribution in [0.25, 0.3) is 0 Å². The summed E-state index contributed by atoms with van der Waals surface area (Å²) < 4.78 is 0. The van der Waals surface area contributed by atoms with Gasteiger partial charge in [0.1, 0.15) is 0 Å². The van der Waals surface area contributed by atoms with Gasteiger partial charge in [0, 0.05) is 25.6 Å². The first-order valence-corrected chi connectivity index (χ1v) is 6.62. The van der Waals surface area contributed by atoms with Crippen molar-refractivity contribution in [3.63, 3.8) is 0 Å². The summed E-state index contributed by atoms with van der Waals surface area (Å²) >= 11 is 0. The lowest BCUT2D eigenvalue weighted by Gasteiger charge is -2.28. The molecule has 2 saturated heterocycles. The molecule has 16 heavy (non-hydrogen) atoms. The average Bonchev–Trinajstić information content (AvgIpc) is 2.85. The quantitative estimate of drug-likeness (QED) is 0.758. The average molecular weight is 223 g/mol. The Balaban J connectivity index is 1.51. The number of amides is 1. The Bertz CT molecular complexity index is 271. The topological polar surface area (TPSA) is 35.6 Å². The first kappa shape index (κ1) is 10.5. The second kappa shape index (κ2) is 4.34. The molecule has 4 nitrogen and oxygen atoms in total. The minimum absolute atomic E-state index is 0.354. The summed E-state index contributed by atoms with van der Waals surface area (Å²) in [5, 5.41) is 7.77. The van der Waals surface area contributed by atoms with Crippen LogP contribution in [0.5, 0.6) is 0 Å². The minimum atomic E-state index is 0.354. The van der Waals surface area contributed by atoms with Crippen LogP contribution >= 0.6 is 0 Å². The Morgan fingerprint density at radius 1 is 1.31 bits per heavy atom. The number of rotatable bonds is 4. The zero-order valence-corrected chi connectivity index (χ0v) is 9.82. The van der Waals surface area contributed by atoms with E-state index in [4.69, 9.17) is 0 Å². The van der Waals surface area contributed by atoms with Crippen molar-refractivity contribution in [3.05, 3.63) is 0 Å². The molecule has 0 radical (unpaired) electrons. The summed E-state index contributed by atoms with van der Waals surface area (Å²) in [4.78, 5) is 11.7. The van der Waals surface area contributed by atoms with Gasteiger partial charge < -0.3 is 5.32 Å². The number of carbonyl (C=O) groups is 1. The molecule has 1 N–H and O–H groups in total. The molecule has 1 atom stereocenters.